The van der Waals surface area contributed by atoms with Gasteiger partial charge in [-0.1, -0.05) is 12.2 Å². The SMILES string of the molecule is CC(=O)NCCN(C(=O)CC1C=CCC1)C(C)C(=O)O. The first kappa shape index (κ1) is 16.2. The van der Waals surface area contributed by atoms with Gasteiger partial charge in [0.2, 0.25) is 11.8 Å². The molecule has 1 rings (SSSR count). The minimum atomic E-state index is -1.04. The van der Waals surface area contributed by atoms with Gasteiger partial charge in [0.15, 0.2) is 0 Å². The molecule has 0 bridgehead atoms. The van der Waals surface area contributed by atoms with Crippen LogP contribution in [0.5, 0.6) is 0 Å². The summed E-state index contributed by atoms with van der Waals surface area (Å²) in [5, 5.41) is 11.7. The second kappa shape index (κ2) is 7.67. The van der Waals surface area contributed by atoms with Crippen molar-refractivity contribution in [1.29, 1.82) is 0 Å². The first-order chi connectivity index (χ1) is 9.41. The maximum absolute atomic E-state index is 12.2. The second-order valence-corrected chi connectivity index (χ2v) is 5.05. The molecule has 0 aromatic rings. The van der Waals surface area contributed by atoms with Crippen LogP contribution in [0.2, 0.25) is 0 Å². The molecule has 0 saturated carbocycles. The molecule has 1 aliphatic rings. The molecule has 0 saturated heterocycles. The highest BCUT2D eigenvalue weighted by atomic mass is 16.4. The van der Waals surface area contributed by atoms with Crippen LogP contribution in [0.15, 0.2) is 12.2 Å². The van der Waals surface area contributed by atoms with Crippen LogP contribution in [0.3, 0.4) is 0 Å². The van der Waals surface area contributed by atoms with E-state index in [1.807, 2.05) is 12.2 Å². The van der Waals surface area contributed by atoms with Crippen molar-refractivity contribution in [3.8, 4) is 0 Å². The van der Waals surface area contributed by atoms with E-state index in [2.05, 4.69) is 5.32 Å². The lowest BCUT2D eigenvalue weighted by atomic mass is 10.0. The van der Waals surface area contributed by atoms with Crippen molar-refractivity contribution in [1.82, 2.24) is 10.2 Å². The zero-order valence-electron chi connectivity index (χ0n) is 12.0. The number of carboxylic acids is 1. The number of nitrogens with one attached hydrogen (secondary N) is 1. The average molecular weight is 282 g/mol. The van der Waals surface area contributed by atoms with Crippen molar-refractivity contribution < 1.29 is 19.5 Å². The van der Waals surface area contributed by atoms with E-state index in [0.717, 1.165) is 12.8 Å². The molecular weight excluding hydrogens is 260 g/mol. The Morgan fingerprint density at radius 2 is 2.15 bits per heavy atom. The highest BCUT2D eigenvalue weighted by molar-refractivity contribution is 5.83. The van der Waals surface area contributed by atoms with Crippen LogP contribution < -0.4 is 5.32 Å². The zero-order chi connectivity index (χ0) is 15.1. The first-order valence-corrected chi connectivity index (χ1v) is 6.85. The van der Waals surface area contributed by atoms with Crippen molar-refractivity contribution in [2.24, 2.45) is 5.92 Å². The monoisotopic (exact) mass is 282 g/mol. The van der Waals surface area contributed by atoms with Crippen molar-refractivity contribution in [2.75, 3.05) is 13.1 Å². The van der Waals surface area contributed by atoms with Gasteiger partial charge >= 0.3 is 5.97 Å². The van der Waals surface area contributed by atoms with Crippen molar-refractivity contribution in [2.45, 2.75) is 39.2 Å². The number of carbonyl (C=O) groups is 3. The Labute approximate surface area is 118 Å². The van der Waals surface area contributed by atoms with Crippen LogP contribution in [0.1, 0.15) is 33.1 Å². The van der Waals surface area contributed by atoms with Gasteiger partial charge in [-0.15, -0.1) is 0 Å². The Morgan fingerprint density at radius 3 is 2.65 bits per heavy atom. The average Bonchev–Trinajstić information content (AvgIpc) is 2.86. The molecule has 0 radical (unpaired) electrons. The summed E-state index contributed by atoms with van der Waals surface area (Å²) >= 11 is 0. The number of hydrogen-bond acceptors (Lipinski definition) is 3. The predicted octanol–water partition coefficient (Wildman–Crippen LogP) is 0.780. The molecular formula is C14H22N2O4. The molecule has 0 aromatic heterocycles. The van der Waals surface area contributed by atoms with Gasteiger partial charge in [0.05, 0.1) is 0 Å². The molecule has 20 heavy (non-hydrogen) atoms. The van der Waals surface area contributed by atoms with Gasteiger partial charge < -0.3 is 15.3 Å². The molecule has 0 heterocycles. The van der Waals surface area contributed by atoms with Gasteiger partial charge in [0.1, 0.15) is 6.04 Å². The summed E-state index contributed by atoms with van der Waals surface area (Å²) in [5.41, 5.74) is 0. The minimum Gasteiger partial charge on any atom is -0.480 e. The largest absolute Gasteiger partial charge is 0.480 e. The van der Waals surface area contributed by atoms with Crippen molar-refractivity contribution in [3.63, 3.8) is 0 Å². The number of amides is 2. The Kier molecular flexibility index (Phi) is 6.21. The summed E-state index contributed by atoms with van der Waals surface area (Å²) in [6.45, 7) is 3.34. The Hall–Kier alpha value is -1.85. The summed E-state index contributed by atoms with van der Waals surface area (Å²) in [5.74, 6) is -1.21. The van der Waals surface area contributed by atoms with Crippen LogP contribution in [0.25, 0.3) is 0 Å². The molecule has 0 aromatic carbocycles. The topological polar surface area (TPSA) is 86.7 Å². The van der Waals surface area contributed by atoms with E-state index in [0.29, 0.717) is 6.42 Å². The number of aliphatic carboxylic acids is 1. The lowest BCUT2D eigenvalue weighted by molar-refractivity contribution is -0.149. The summed E-state index contributed by atoms with van der Waals surface area (Å²) in [6.07, 6.45) is 6.29. The molecule has 2 N–H and O–H groups in total. The van der Waals surface area contributed by atoms with E-state index >= 15 is 0 Å². The standard InChI is InChI=1S/C14H22N2O4/c1-10(14(19)20)16(8-7-15-11(2)17)13(18)9-12-5-3-4-6-12/h3,5,10,12H,4,6-9H2,1-2H3,(H,15,17)(H,19,20). The van der Waals surface area contributed by atoms with Crippen LogP contribution in [0.4, 0.5) is 0 Å². The normalized spacial score (nSPS) is 18.6. The Bertz CT molecular complexity index is 406. The number of carboxylic acid groups (broad SMARTS) is 1. The molecule has 0 spiro atoms. The molecule has 2 amide bonds. The highest BCUT2D eigenvalue weighted by Gasteiger charge is 2.27. The Morgan fingerprint density at radius 1 is 1.45 bits per heavy atom. The fourth-order valence-electron chi connectivity index (χ4n) is 2.23. The highest BCUT2D eigenvalue weighted by Crippen LogP contribution is 2.21. The molecule has 6 heteroatoms. The number of rotatable bonds is 7. The third-order valence-corrected chi connectivity index (χ3v) is 3.42. The number of allylic oxidation sites excluding steroid dienone is 2. The van der Waals surface area contributed by atoms with Gasteiger partial charge in [0, 0.05) is 26.4 Å². The lowest BCUT2D eigenvalue weighted by Gasteiger charge is -2.27. The van der Waals surface area contributed by atoms with Gasteiger partial charge in [-0.3, -0.25) is 9.59 Å². The molecule has 2 atom stereocenters. The number of nitrogens with zero attached hydrogens (tertiary/aromatic N) is 1. The quantitative estimate of drug-likeness (QED) is 0.676. The predicted molar refractivity (Wildman–Crippen MR) is 74.0 cm³/mol. The van der Waals surface area contributed by atoms with Gasteiger partial charge in [-0.2, -0.15) is 0 Å². The molecule has 1 aliphatic carbocycles. The van der Waals surface area contributed by atoms with Crippen LogP contribution >= 0.6 is 0 Å². The fourth-order valence-corrected chi connectivity index (χ4v) is 2.23. The van der Waals surface area contributed by atoms with Crippen LogP contribution in [-0.2, 0) is 14.4 Å². The van der Waals surface area contributed by atoms with E-state index < -0.39 is 12.0 Å². The summed E-state index contributed by atoms with van der Waals surface area (Å²) < 4.78 is 0. The van der Waals surface area contributed by atoms with Crippen LogP contribution in [0, 0.1) is 5.92 Å². The first-order valence-electron chi connectivity index (χ1n) is 6.85. The Balaban J connectivity index is 2.59. The van der Waals surface area contributed by atoms with E-state index in [1.165, 1.54) is 18.7 Å². The minimum absolute atomic E-state index is 0.179. The van der Waals surface area contributed by atoms with Crippen molar-refractivity contribution in [3.05, 3.63) is 12.2 Å². The van der Waals surface area contributed by atoms with Crippen molar-refractivity contribution >= 4 is 17.8 Å². The lowest BCUT2D eigenvalue weighted by Crippen LogP contribution is -2.47. The smallest absolute Gasteiger partial charge is 0.326 e. The summed E-state index contributed by atoms with van der Waals surface area (Å²) in [7, 11) is 0. The molecule has 2 unspecified atom stereocenters. The molecule has 112 valence electrons. The number of hydrogen-bond donors (Lipinski definition) is 2. The van der Waals surface area contributed by atoms with E-state index in [1.54, 1.807) is 0 Å². The van der Waals surface area contributed by atoms with E-state index in [-0.39, 0.29) is 30.8 Å². The molecule has 0 fully saturated rings. The summed E-state index contributed by atoms with van der Waals surface area (Å²) in [4.78, 5) is 35.5. The second-order valence-electron chi connectivity index (χ2n) is 5.05. The fraction of sp³-hybridized carbons (Fsp3) is 0.643. The maximum atomic E-state index is 12.2. The van der Waals surface area contributed by atoms with Crippen LogP contribution in [-0.4, -0.2) is 46.9 Å². The molecule has 0 aliphatic heterocycles. The van der Waals surface area contributed by atoms with Gasteiger partial charge in [0.25, 0.3) is 0 Å². The van der Waals surface area contributed by atoms with E-state index in [9.17, 15) is 14.4 Å². The number of carbonyl (C=O) groups excluding carboxylic acids is 2. The van der Waals surface area contributed by atoms with E-state index in [4.69, 9.17) is 5.11 Å². The summed E-state index contributed by atoms with van der Waals surface area (Å²) in [6, 6.07) is -0.887. The third kappa shape index (κ3) is 5.03. The van der Waals surface area contributed by atoms with Gasteiger partial charge in [-0.05, 0) is 25.7 Å². The third-order valence-electron chi connectivity index (χ3n) is 3.42. The van der Waals surface area contributed by atoms with Gasteiger partial charge in [-0.25, -0.2) is 4.79 Å². The molecule has 6 nitrogen and oxygen atoms in total. The maximum Gasteiger partial charge on any atom is 0.326 e. The zero-order valence-corrected chi connectivity index (χ0v) is 12.0.